The number of thioether (sulfide) groups is 1. The molecule has 0 fully saturated rings. The lowest BCUT2D eigenvalue weighted by Crippen LogP contribution is -2.06. The van der Waals surface area contributed by atoms with E-state index in [0.29, 0.717) is 34.3 Å². The van der Waals surface area contributed by atoms with Crippen molar-refractivity contribution in [2.24, 2.45) is 21.7 Å². The van der Waals surface area contributed by atoms with Gasteiger partial charge in [-0.1, -0.05) is 66.4 Å². The van der Waals surface area contributed by atoms with E-state index in [2.05, 4.69) is 21.9 Å². The summed E-state index contributed by atoms with van der Waals surface area (Å²) in [5, 5.41) is 8.25. The van der Waals surface area contributed by atoms with Crippen LogP contribution in [0.15, 0.2) is 76.9 Å². The lowest BCUT2D eigenvalue weighted by Gasteiger charge is -2.11. The van der Waals surface area contributed by atoms with Gasteiger partial charge in [-0.05, 0) is 17.7 Å². The van der Waals surface area contributed by atoms with Crippen LogP contribution in [0.1, 0.15) is 11.3 Å². The van der Waals surface area contributed by atoms with Gasteiger partial charge in [0, 0.05) is 30.3 Å². The molecule has 154 valence electrons. The first-order chi connectivity index (χ1) is 15.2. The second-order valence-electron chi connectivity index (χ2n) is 6.58. The van der Waals surface area contributed by atoms with Crippen molar-refractivity contribution in [1.29, 1.82) is 0 Å². The summed E-state index contributed by atoms with van der Waals surface area (Å²) in [5.41, 5.74) is 17.8. The monoisotopic (exact) mass is 427 g/mol. The molecule has 0 aliphatic heterocycles. The highest BCUT2D eigenvalue weighted by Crippen LogP contribution is 2.31. The molecule has 4 aromatic rings. The molecule has 0 aliphatic rings. The van der Waals surface area contributed by atoms with E-state index in [4.69, 9.17) is 21.4 Å². The van der Waals surface area contributed by atoms with Gasteiger partial charge in [0.05, 0.1) is 17.1 Å². The summed E-state index contributed by atoms with van der Waals surface area (Å²) in [4.78, 5) is 14.5. The summed E-state index contributed by atoms with van der Waals surface area (Å²) < 4.78 is 0. The third kappa shape index (κ3) is 4.51. The fourth-order valence-corrected chi connectivity index (χ4v) is 3.69. The van der Waals surface area contributed by atoms with E-state index in [1.54, 1.807) is 0 Å². The number of aromatic nitrogens is 3. The van der Waals surface area contributed by atoms with Crippen LogP contribution in [0.5, 0.6) is 0 Å². The molecule has 2 heterocycles. The van der Waals surface area contributed by atoms with E-state index < -0.39 is 0 Å². The maximum Gasteiger partial charge on any atom is 0.179 e. The average molecular weight is 428 g/mol. The number of fused-ring (bicyclic) bond motifs is 1. The molecule has 0 saturated heterocycles. The van der Waals surface area contributed by atoms with Crippen LogP contribution in [0, 0.1) is 0 Å². The predicted octanol–water partition coefficient (Wildman–Crippen LogP) is 3.83. The highest BCUT2D eigenvalue weighted by Gasteiger charge is 2.15. The van der Waals surface area contributed by atoms with Gasteiger partial charge in [-0.3, -0.25) is 0 Å². The summed E-state index contributed by atoms with van der Waals surface area (Å²) in [7, 11) is 0. The molecule has 0 radical (unpaired) electrons. The summed E-state index contributed by atoms with van der Waals surface area (Å²) in [6.07, 6.45) is 0. The van der Waals surface area contributed by atoms with E-state index in [9.17, 15) is 0 Å². The zero-order chi connectivity index (χ0) is 21.6. The van der Waals surface area contributed by atoms with Gasteiger partial charge in [-0.25, -0.2) is 15.0 Å². The highest BCUT2D eigenvalue weighted by atomic mass is 32.2. The summed E-state index contributed by atoms with van der Waals surface area (Å²) in [6.45, 7) is 3.92. The second kappa shape index (κ2) is 9.57. The van der Waals surface area contributed by atoms with Gasteiger partial charge in [0.25, 0.3) is 0 Å². The van der Waals surface area contributed by atoms with Crippen molar-refractivity contribution in [2.75, 3.05) is 5.88 Å². The molecule has 2 aromatic carbocycles. The van der Waals surface area contributed by atoms with Crippen LogP contribution in [0.25, 0.3) is 33.7 Å². The van der Waals surface area contributed by atoms with Crippen LogP contribution in [0.2, 0.25) is 0 Å². The standard InChI is InChI=1S/C23H21N7S/c1-26-30-23(31-14-25)19-12-11-18-22(28-19)29-21(16-5-3-2-4-6-16)20(27-18)17-9-7-15(13-24)8-10-17/h2-12H,1,13-14,24-25H2/b30-23-. The lowest BCUT2D eigenvalue weighted by molar-refractivity contribution is 1.07. The first-order valence-electron chi connectivity index (χ1n) is 9.64. The van der Waals surface area contributed by atoms with Gasteiger partial charge in [-0.2, -0.15) is 5.10 Å². The zero-order valence-corrected chi connectivity index (χ0v) is 17.6. The number of nitrogens with zero attached hydrogens (tertiary/aromatic N) is 5. The van der Waals surface area contributed by atoms with Gasteiger partial charge >= 0.3 is 0 Å². The lowest BCUT2D eigenvalue weighted by atomic mass is 10.0. The number of benzene rings is 2. The Kier molecular flexibility index (Phi) is 6.42. The Bertz CT molecular complexity index is 1240. The Hall–Kier alpha value is -3.46. The maximum absolute atomic E-state index is 5.75. The fraction of sp³-hybridized carbons (Fsp3) is 0.0870. The molecular weight excluding hydrogens is 406 g/mol. The van der Waals surface area contributed by atoms with Gasteiger partial charge in [0.2, 0.25) is 0 Å². The Labute approximate surface area is 184 Å². The molecule has 8 heteroatoms. The normalized spacial score (nSPS) is 11.6. The third-order valence-corrected chi connectivity index (χ3v) is 5.37. The van der Waals surface area contributed by atoms with E-state index in [1.807, 2.05) is 66.7 Å². The largest absolute Gasteiger partial charge is 0.326 e. The van der Waals surface area contributed by atoms with Crippen molar-refractivity contribution in [2.45, 2.75) is 6.54 Å². The van der Waals surface area contributed by atoms with Crippen molar-refractivity contribution in [3.05, 3.63) is 78.0 Å². The molecule has 0 unspecified atom stereocenters. The molecule has 0 spiro atoms. The topological polar surface area (TPSA) is 115 Å². The smallest absolute Gasteiger partial charge is 0.179 e. The van der Waals surface area contributed by atoms with Crippen molar-refractivity contribution >= 4 is 34.7 Å². The minimum Gasteiger partial charge on any atom is -0.326 e. The summed E-state index contributed by atoms with van der Waals surface area (Å²) >= 11 is 1.34. The molecule has 31 heavy (non-hydrogen) atoms. The van der Waals surface area contributed by atoms with E-state index in [-0.39, 0.29) is 0 Å². The Balaban J connectivity index is 1.91. The highest BCUT2D eigenvalue weighted by molar-refractivity contribution is 8.14. The van der Waals surface area contributed by atoms with Crippen molar-refractivity contribution in [1.82, 2.24) is 15.0 Å². The molecular formula is C23H21N7S. The molecule has 0 aliphatic carbocycles. The van der Waals surface area contributed by atoms with Crippen molar-refractivity contribution < 1.29 is 0 Å². The number of rotatable bonds is 6. The molecule has 0 amide bonds. The Morgan fingerprint density at radius 3 is 2.23 bits per heavy atom. The van der Waals surface area contributed by atoms with Gasteiger partial charge in [0.1, 0.15) is 10.6 Å². The van der Waals surface area contributed by atoms with E-state index in [1.165, 1.54) is 11.8 Å². The van der Waals surface area contributed by atoms with Crippen LogP contribution in [0.3, 0.4) is 0 Å². The van der Waals surface area contributed by atoms with Crippen LogP contribution in [-0.2, 0) is 6.54 Å². The van der Waals surface area contributed by atoms with Crippen LogP contribution in [-0.4, -0.2) is 32.6 Å². The fourth-order valence-electron chi connectivity index (χ4n) is 3.16. The number of nitrogens with two attached hydrogens (primary N) is 2. The molecule has 2 aromatic heterocycles. The predicted molar refractivity (Wildman–Crippen MR) is 129 cm³/mol. The van der Waals surface area contributed by atoms with Crippen LogP contribution < -0.4 is 11.5 Å². The average Bonchev–Trinajstić information content (AvgIpc) is 2.83. The molecule has 0 atom stereocenters. The molecule has 0 bridgehead atoms. The molecule has 7 nitrogen and oxygen atoms in total. The summed E-state index contributed by atoms with van der Waals surface area (Å²) in [5.74, 6) is 0.354. The van der Waals surface area contributed by atoms with Crippen molar-refractivity contribution in [3.8, 4) is 22.5 Å². The van der Waals surface area contributed by atoms with E-state index in [0.717, 1.165) is 28.1 Å². The minimum atomic E-state index is 0.354. The first-order valence-corrected chi connectivity index (χ1v) is 10.6. The number of hydrogen-bond donors (Lipinski definition) is 2. The number of hydrogen-bond acceptors (Lipinski definition) is 8. The number of pyridine rings is 1. The second-order valence-corrected chi connectivity index (χ2v) is 7.59. The minimum absolute atomic E-state index is 0.354. The third-order valence-electron chi connectivity index (χ3n) is 4.64. The quantitative estimate of drug-likeness (QED) is 0.209. The maximum atomic E-state index is 5.75. The van der Waals surface area contributed by atoms with E-state index >= 15 is 0 Å². The SMILES string of the molecule is C=N/N=C(\SCN)c1ccc2nc(-c3ccc(CN)cc3)c(-c3ccccc3)nc2n1. The van der Waals surface area contributed by atoms with Gasteiger partial charge in [-0.15, -0.1) is 5.10 Å². The van der Waals surface area contributed by atoms with Crippen LogP contribution >= 0.6 is 11.8 Å². The van der Waals surface area contributed by atoms with Crippen molar-refractivity contribution in [3.63, 3.8) is 0 Å². The summed E-state index contributed by atoms with van der Waals surface area (Å²) in [6, 6.07) is 21.7. The zero-order valence-electron chi connectivity index (χ0n) is 16.8. The Morgan fingerprint density at radius 1 is 0.839 bits per heavy atom. The molecule has 4 N–H and O–H groups in total. The first kappa shape index (κ1) is 20.8. The Morgan fingerprint density at radius 2 is 1.55 bits per heavy atom. The van der Waals surface area contributed by atoms with Crippen LogP contribution in [0.4, 0.5) is 0 Å². The van der Waals surface area contributed by atoms with Gasteiger partial charge < -0.3 is 11.5 Å². The molecule has 0 saturated carbocycles. The molecule has 4 rings (SSSR count). The van der Waals surface area contributed by atoms with Gasteiger partial charge in [0.15, 0.2) is 5.65 Å².